The lowest BCUT2D eigenvalue weighted by Crippen LogP contribution is -2.29. The highest BCUT2D eigenvalue weighted by Crippen LogP contribution is 2.36. The Bertz CT molecular complexity index is 1180. The van der Waals surface area contributed by atoms with Crippen molar-refractivity contribution in [3.63, 3.8) is 0 Å². The van der Waals surface area contributed by atoms with E-state index in [1.165, 1.54) is 23.9 Å². The molecule has 0 atom stereocenters. The molecule has 11 heteroatoms. The number of amides is 2. The molecule has 1 N–H and O–H groups in total. The van der Waals surface area contributed by atoms with E-state index in [-0.39, 0.29) is 30.7 Å². The van der Waals surface area contributed by atoms with Gasteiger partial charge in [0.25, 0.3) is 5.91 Å². The maximum atomic E-state index is 12.8. The normalized spacial score (nSPS) is 16.3. The lowest BCUT2D eigenvalue weighted by Gasteiger charge is -2.14. The third-order valence-electron chi connectivity index (χ3n) is 5.33. The first-order valence-corrected chi connectivity index (χ1v) is 12.1. The Hall–Kier alpha value is -3.05. The maximum absolute atomic E-state index is 12.8. The second kappa shape index (κ2) is 10.7. The molecule has 0 radical (unpaired) electrons. The summed E-state index contributed by atoms with van der Waals surface area (Å²) >= 11 is 6.59. The Morgan fingerprint density at radius 1 is 1.11 bits per heavy atom. The van der Waals surface area contributed by atoms with Crippen LogP contribution in [0, 0.1) is 0 Å². The van der Waals surface area contributed by atoms with Crippen molar-refractivity contribution in [3.8, 4) is 11.5 Å². The molecule has 184 valence electrons. The molecule has 0 bridgehead atoms. The molecule has 1 fully saturated rings. The zero-order chi connectivity index (χ0) is 25.0. The molecular formula is C24H21F3N2O4S2. The van der Waals surface area contributed by atoms with Gasteiger partial charge in [0.15, 0.2) is 11.5 Å². The van der Waals surface area contributed by atoms with E-state index in [1.807, 2.05) is 6.07 Å². The zero-order valence-corrected chi connectivity index (χ0v) is 20.0. The number of carbonyl (C=O) groups excluding carboxylic acids is 2. The number of hydrogen-bond donors (Lipinski definition) is 1. The van der Waals surface area contributed by atoms with Crippen LogP contribution in [0.3, 0.4) is 0 Å². The lowest BCUT2D eigenvalue weighted by molar-refractivity contribution is -0.137. The topological polar surface area (TPSA) is 67.9 Å². The van der Waals surface area contributed by atoms with Gasteiger partial charge in [-0.25, -0.2) is 0 Å². The molecule has 2 aromatic carbocycles. The number of rotatable bonds is 8. The quantitative estimate of drug-likeness (QED) is 0.267. The van der Waals surface area contributed by atoms with E-state index in [9.17, 15) is 22.8 Å². The molecule has 6 nitrogen and oxygen atoms in total. The summed E-state index contributed by atoms with van der Waals surface area (Å²) in [6.07, 6.45) is -0.703. The number of fused-ring (bicyclic) bond motifs is 1. The van der Waals surface area contributed by atoms with Gasteiger partial charge in [-0.1, -0.05) is 42.5 Å². The molecule has 35 heavy (non-hydrogen) atoms. The van der Waals surface area contributed by atoms with Gasteiger partial charge >= 0.3 is 6.18 Å². The number of ether oxygens (including phenoxy) is 2. The van der Waals surface area contributed by atoms with Gasteiger partial charge in [-0.3, -0.25) is 14.5 Å². The fraction of sp³-hybridized carbons (Fsp3) is 0.292. The summed E-state index contributed by atoms with van der Waals surface area (Å²) in [5.74, 6) is 0.770. The molecule has 2 heterocycles. The Kier molecular flexibility index (Phi) is 7.66. The maximum Gasteiger partial charge on any atom is 0.416 e. The molecular weight excluding hydrogens is 501 g/mol. The van der Waals surface area contributed by atoms with Crippen LogP contribution >= 0.6 is 24.0 Å². The van der Waals surface area contributed by atoms with Crippen molar-refractivity contribution in [3.05, 3.63) is 58.5 Å². The first-order chi connectivity index (χ1) is 16.7. The smallest absolute Gasteiger partial charge is 0.416 e. The summed E-state index contributed by atoms with van der Waals surface area (Å²) < 4.78 is 49.5. The van der Waals surface area contributed by atoms with Crippen molar-refractivity contribution in [2.24, 2.45) is 0 Å². The van der Waals surface area contributed by atoms with Crippen LogP contribution in [0.25, 0.3) is 6.08 Å². The van der Waals surface area contributed by atoms with E-state index in [1.54, 1.807) is 23.1 Å². The van der Waals surface area contributed by atoms with Crippen molar-refractivity contribution in [1.29, 1.82) is 0 Å². The van der Waals surface area contributed by atoms with E-state index >= 15 is 0 Å². The molecule has 4 rings (SSSR count). The number of carbonyl (C=O) groups is 2. The summed E-state index contributed by atoms with van der Waals surface area (Å²) in [7, 11) is 0. The van der Waals surface area contributed by atoms with Crippen LogP contribution in [0.2, 0.25) is 0 Å². The van der Waals surface area contributed by atoms with Crippen LogP contribution in [0.15, 0.2) is 47.4 Å². The average Bonchev–Trinajstić information content (AvgIpc) is 3.37. The van der Waals surface area contributed by atoms with E-state index in [4.69, 9.17) is 21.7 Å². The van der Waals surface area contributed by atoms with Crippen molar-refractivity contribution in [1.82, 2.24) is 4.90 Å². The third kappa shape index (κ3) is 6.34. The van der Waals surface area contributed by atoms with Gasteiger partial charge in [0.1, 0.15) is 4.32 Å². The average molecular weight is 523 g/mol. The fourth-order valence-electron chi connectivity index (χ4n) is 3.58. The lowest BCUT2D eigenvalue weighted by atomic mass is 10.1. The molecule has 0 spiro atoms. The van der Waals surface area contributed by atoms with Gasteiger partial charge < -0.3 is 14.8 Å². The molecule has 2 amide bonds. The number of nitrogens with one attached hydrogen (secondary N) is 1. The molecule has 0 unspecified atom stereocenters. The predicted octanol–water partition coefficient (Wildman–Crippen LogP) is 5.83. The summed E-state index contributed by atoms with van der Waals surface area (Å²) in [5.41, 5.74) is 0.101. The first-order valence-electron chi connectivity index (χ1n) is 10.8. The van der Waals surface area contributed by atoms with E-state index < -0.39 is 11.7 Å². The molecule has 2 aliphatic rings. The highest BCUT2D eigenvalue weighted by atomic mass is 32.2. The summed E-state index contributed by atoms with van der Waals surface area (Å²) in [5, 5.41) is 2.49. The highest BCUT2D eigenvalue weighted by molar-refractivity contribution is 8.26. The SMILES string of the molecule is O=C(CCCCCN1C(=O)C(=Cc2ccc3c(c2)OCO3)SC1=S)Nc1cccc(C(F)(F)F)c1. The number of thioether (sulfide) groups is 1. The van der Waals surface area contributed by atoms with Crippen LogP contribution in [0.5, 0.6) is 11.5 Å². The number of halogens is 3. The summed E-state index contributed by atoms with van der Waals surface area (Å²) in [6, 6.07) is 9.96. The van der Waals surface area contributed by atoms with Crippen LogP contribution in [-0.2, 0) is 15.8 Å². The second-order valence-electron chi connectivity index (χ2n) is 7.88. The minimum absolute atomic E-state index is 0.108. The van der Waals surface area contributed by atoms with E-state index in [2.05, 4.69) is 5.32 Å². The number of anilines is 1. The fourth-order valence-corrected chi connectivity index (χ4v) is 4.88. The Balaban J connectivity index is 1.21. The molecule has 2 aliphatic heterocycles. The van der Waals surface area contributed by atoms with E-state index in [0.29, 0.717) is 46.5 Å². The Labute approximate surface area is 209 Å². The van der Waals surface area contributed by atoms with E-state index in [0.717, 1.165) is 17.7 Å². The van der Waals surface area contributed by atoms with Crippen LogP contribution in [0.4, 0.5) is 18.9 Å². The standard InChI is InChI=1S/C24H21F3N2O4S2/c25-24(26,27)16-5-4-6-17(13-16)28-21(30)7-2-1-3-10-29-22(31)20(35-23(29)34)12-15-8-9-18-19(11-15)33-14-32-18/h4-6,8-9,11-13H,1-3,7,10,14H2,(H,28,30). The molecule has 0 aromatic heterocycles. The van der Waals surface area contributed by atoms with Crippen molar-refractivity contribution >= 4 is 51.9 Å². The minimum atomic E-state index is -4.47. The molecule has 1 saturated heterocycles. The number of nitrogens with zero attached hydrogens (tertiary/aromatic N) is 1. The van der Waals surface area contributed by atoms with Gasteiger partial charge in [0.2, 0.25) is 12.7 Å². The number of unbranched alkanes of at least 4 members (excludes halogenated alkanes) is 2. The van der Waals surface area contributed by atoms with Gasteiger partial charge in [0.05, 0.1) is 10.5 Å². The van der Waals surface area contributed by atoms with Gasteiger partial charge in [-0.2, -0.15) is 13.2 Å². The van der Waals surface area contributed by atoms with Crippen molar-refractivity contribution in [2.45, 2.75) is 31.9 Å². The first kappa shape index (κ1) is 25.1. The number of thiocarbonyl (C=S) groups is 1. The monoisotopic (exact) mass is 522 g/mol. The van der Waals surface area contributed by atoms with Crippen LogP contribution in [0.1, 0.15) is 36.8 Å². The number of hydrogen-bond acceptors (Lipinski definition) is 6. The van der Waals surface area contributed by atoms with Gasteiger partial charge in [0, 0.05) is 18.7 Å². The Morgan fingerprint density at radius 2 is 1.91 bits per heavy atom. The summed E-state index contributed by atoms with van der Waals surface area (Å²) in [6.45, 7) is 0.603. The minimum Gasteiger partial charge on any atom is -0.454 e. The number of alkyl halides is 3. The zero-order valence-electron chi connectivity index (χ0n) is 18.4. The Morgan fingerprint density at radius 3 is 2.71 bits per heavy atom. The summed E-state index contributed by atoms with van der Waals surface area (Å²) in [4.78, 5) is 26.9. The largest absolute Gasteiger partial charge is 0.454 e. The molecule has 0 saturated carbocycles. The molecule has 2 aromatic rings. The second-order valence-corrected chi connectivity index (χ2v) is 9.56. The highest BCUT2D eigenvalue weighted by Gasteiger charge is 2.32. The predicted molar refractivity (Wildman–Crippen MR) is 131 cm³/mol. The third-order valence-corrected chi connectivity index (χ3v) is 6.70. The van der Waals surface area contributed by atoms with Gasteiger partial charge in [-0.05, 0) is 54.8 Å². The van der Waals surface area contributed by atoms with Gasteiger partial charge in [-0.15, -0.1) is 0 Å². The molecule has 0 aliphatic carbocycles. The van der Waals surface area contributed by atoms with Crippen LogP contribution in [-0.4, -0.2) is 34.4 Å². The van der Waals surface area contributed by atoms with Crippen molar-refractivity contribution < 1.29 is 32.2 Å². The van der Waals surface area contributed by atoms with Crippen molar-refractivity contribution in [2.75, 3.05) is 18.7 Å². The van der Waals surface area contributed by atoms with Crippen LogP contribution < -0.4 is 14.8 Å². The number of benzene rings is 2.